The number of esters is 1. The molecule has 2 heteroatoms. The van der Waals surface area contributed by atoms with E-state index >= 15 is 0 Å². The first-order valence-corrected chi connectivity index (χ1v) is 5.46. The number of carbonyl (C=O) groups excluding carboxylic acids is 1. The van der Waals surface area contributed by atoms with E-state index in [4.69, 9.17) is 4.74 Å². The third kappa shape index (κ3) is 2.83. The van der Waals surface area contributed by atoms with E-state index in [1.54, 1.807) is 0 Å². The first kappa shape index (κ1) is 10.7. The Morgan fingerprint density at radius 1 is 1.19 bits per heavy atom. The molecule has 0 bridgehead atoms. The van der Waals surface area contributed by atoms with Crippen molar-refractivity contribution >= 4 is 12.0 Å². The molecule has 0 spiro atoms. The minimum atomic E-state index is -0.177. The van der Waals surface area contributed by atoms with Crippen molar-refractivity contribution in [1.29, 1.82) is 0 Å². The lowest BCUT2D eigenvalue weighted by molar-refractivity contribution is -0.141. The second-order valence-electron chi connectivity index (χ2n) is 3.70. The summed E-state index contributed by atoms with van der Waals surface area (Å²) in [7, 11) is 0. The molecule has 16 heavy (non-hydrogen) atoms. The van der Waals surface area contributed by atoms with Crippen molar-refractivity contribution in [2.45, 2.75) is 12.8 Å². The lowest BCUT2D eigenvalue weighted by atomic mass is 10.1. The molecule has 1 aliphatic heterocycles. The van der Waals surface area contributed by atoms with Gasteiger partial charge in [-0.2, -0.15) is 0 Å². The third-order valence-electron chi connectivity index (χ3n) is 2.47. The van der Waals surface area contributed by atoms with Gasteiger partial charge in [-0.15, -0.1) is 0 Å². The van der Waals surface area contributed by atoms with E-state index in [1.807, 2.05) is 48.6 Å². The van der Waals surface area contributed by atoms with Gasteiger partial charge in [-0.05, 0) is 18.4 Å². The van der Waals surface area contributed by atoms with E-state index in [1.165, 1.54) is 0 Å². The quantitative estimate of drug-likeness (QED) is 0.559. The molecule has 82 valence electrons. The molecule has 0 amide bonds. The monoisotopic (exact) mass is 214 g/mol. The normalized spacial score (nSPS) is 19.0. The van der Waals surface area contributed by atoms with Crippen LogP contribution in [-0.4, -0.2) is 12.6 Å². The zero-order valence-corrected chi connectivity index (χ0v) is 9.06. The van der Waals surface area contributed by atoms with Crippen LogP contribution in [0.25, 0.3) is 6.08 Å². The molecular formula is C14H14O2. The lowest BCUT2D eigenvalue weighted by Gasteiger charge is -2.12. The predicted octanol–water partition coefficient (Wildman–Crippen LogP) is 2.96. The highest BCUT2D eigenvalue weighted by atomic mass is 16.5. The second kappa shape index (κ2) is 5.31. The molecule has 1 aliphatic rings. The van der Waals surface area contributed by atoms with Crippen LogP contribution in [0, 0.1) is 0 Å². The first-order valence-electron chi connectivity index (χ1n) is 5.46. The average molecular weight is 214 g/mol. The van der Waals surface area contributed by atoms with Crippen molar-refractivity contribution in [3.63, 3.8) is 0 Å². The summed E-state index contributed by atoms with van der Waals surface area (Å²) in [4.78, 5) is 11.3. The summed E-state index contributed by atoms with van der Waals surface area (Å²) in [5, 5.41) is 0. The largest absolute Gasteiger partial charge is 0.462 e. The number of hydrogen-bond acceptors (Lipinski definition) is 2. The average Bonchev–Trinajstić information content (AvgIpc) is 2.33. The number of allylic oxidation sites excluding steroid dienone is 2. The Morgan fingerprint density at radius 2 is 2.00 bits per heavy atom. The van der Waals surface area contributed by atoms with Crippen LogP contribution in [0.3, 0.4) is 0 Å². The van der Waals surface area contributed by atoms with Crippen LogP contribution < -0.4 is 0 Å². The van der Waals surface area contributed by atoms with Gasteiger partial charge in [0, 0.05) is 5.57 Å². The smallest absolute Gasteiger partial charge is 0.333 e. The molecule has 0 saturated carbocycles. The van der Waals surface area contributed by atoms with Crippen molar-refractivity contribution in [3.8, 4) is 0 Å². The van der Waals surface area contributed by atoms with Crippen molar-refractivity contribution < 1.29 is 9.53 Å². The Bertz CT molecular complexity index is 416. The third-order valence-corrected chi connectivity index (χ3v) is 2.47. The Labute approximate surface area is 95.2 Å². The fourth-order valence-corrected chi connectivity index (χ4v) is 1.61. The molecule has 1 fully saturated rings. The highest BCUT2D eigenvalue weighted by molar-refractivity contribution is 5.89. The van der Waals surface area contributed by atoms with Crippen LogP contribution in [0.1, 0.15) is 18.4 Å². The van der Waals surface area contributed by atoms with Crippen LogP contribution >= 0.6 is 0 Å². The van der Waals surface area contributed by atoms with E-state index in [2.05, 4.69) is 0 Å². The van der Waals surface area contributed by atoms with E-state index < -0.39 is 0 Å². The zero-order chi connectivity index (χ0) is 11.2. The zero-order valence-electron chi connectivity index (χ0n) is 9.06. The van der Waals surface area contributed by atoms with E-state index in [9.17, 15) is 4.79 Å². The number of ether oxygens (including phenoxy) is 1. The molecule has 0 N–H and O–H groups in total. The molecule has 0 atom stereocenters. The van der Waals surface area contributed by atoms with Crippen LogP contribution in [-0.2, 0) is 9.53 Å². The number of rotatable bonds is 2. The van der Waals surface area contributed by atoms with Crippen molar-refractivity contribution in [3.05, 3.63) is 53.6 Å². The topological polar surface area (TPSA) is 26.3 Å². The minimum absolute atomic E-state index is 0.177. The van der Waals surface area contributed by atoms with Gasteiger partial charge in [0.2, 0.25) is 0 Å². The van der Waals surface area contributed by atoms with Crippen LogP contribution in [0.5, 0.6) is 0 Å². The second-order valence-corrected chi connectivity index (χ2v) is 3.70. The number of benzene rings is 1. The highest BCUT2D eigenvalue weighted by Gasteiger charge is 2.14. The SMILES string of the molecule is O=C1OCCC/C1=C/C=C/c1ccccc1. The number of hydrogen-bond donors (Lipinski definition) is 0. The number of cyclic esters (lactones) is 1. The molecule has 2 nitrogen and oxygen atoms in total. The Kier molecular flexibility index (Phi) is 3.54. The molecule has 2 rings (SSSR count). The molecule has 1 aromatic carbocycles. The molecule has 0 aliphatic carbocycles. The van der Waals surface area contributed by atoms with Gasteiger partial charge in [0.15, 0.2) is 0 Å². The number of carbonyl (C=O) groups is 1. The summed E-state index contributed by atoms with van der Waals surface area (Å²) >= 11 is 0. The van der Waals surface area contributed by atoms with Gasteiger partial charge in [-0.1, -0.05) is 48.6 Å². The molecule has 1 aromatic rings. The van der Waals surface area contributed by atoms with E-state index in [0.717, 1.165) is 24.0 Å². The summed E-state index contributed by atoms with van der Waals surface area (Å²) in [6.07, 6.45) is 7.47. The van der Waals surface area contributed by atoms with Crippen molar-refractivity contribution in [2.24, 2.45) is 0 Å². The van der Waals surface area contributed by atoms with E-state index in [0.29, 0.717) is 6.61 Å². The van der Waals surface area contributed by atoms with Crippen LogP contribution in [0.2, 0.25) is 0 Å². The lowest BCUT2D eigenvalue weighted by Crippen LogP contribution is -2.15. The summed E-state index contributed by atoms with van der Waals surface area (Å²) in [5.74, 6) is -0.177. The molecule has 1 heterocycles. The maximum atomic E-state index is 11.3. The molecule has 0 radical (unpaired) electrons. The predicted molar refractivity (Wildman–Crippen MR) is 63.8 cm³/mol. The minimum Gasteiger partial charge on any atom is -0.462 e. The Hall–Kier alpha value is -1.83. The summed E-state index contributed by atoms with van der Waals surface area (Å²) < 4.78 is 4.95. The summed E-state index contributed by atoms with van der Waals surface area (Å²) in [6.45, 7) is 0.554. The highest BCUT2D eigenvalue weighted by Crippen LogP contribution is 2.14. The standard InChI is InChI=1S/C14H14O2/c15-14-13(10-5-11-16-14)9-4-8-12-6-2-1-3-7-12/h1-4,6-9H,5,10-11H2/b8-4+,13-9-. The molecule has 0 unspecified atom stereocenters. The maximum absolute atomic E-state index is 11.3. The fourth-order valence-electron chi connectivity index (χ4n) is 1.61. The van der Waals surface area contributed by atoms with E-state index in [-0.39, 0.29) is 5.97 Å². The summed E-state index contributed by atoms with van der Waals surface area (Å²) in [5.41, 5.74) is 1.89. The van der Waals surface area contributed by atoms with Gasteiger partial charge in [0.1, 0.15) is 0 Å². The Morgan fingerprint density at radius 3 is 2.75 bits per heavy atom. The van der Waals surface area contributed by atoms with Crippen LogP contribution in [0.4, 0.5) is 0 Å². The van der Waals surface area contributed by atoms with Gasteiger partial charge >= 0.3 is 5.97 Å². The molecule has 1 saturated heterocycles. The molecule has 0 aromatic heterocycles. The maximum Gasteiger partial charge on any atom is 0.333 e. The fraction of sp³-hybridized carbons (Fsp3) is 0.214. The Balaban J connectivity index is 2.02. The van der Waals surface area contributed by atoms with Gasteiger partial charge in [-0.3, -0.25) is 0 Å². The summed E-state index contributed by atoms with van der Waals surface area (Å²) in [6, 6.07) is 10.0. The van der Waals surface area contributed by atoms with Crippen molar-refractivity contribution in [1.82, 2.24) is 0 Å². The van der Waals surface area contributed by atoms with Gasteiger partial charge < -0.3 is 4.74 Å². The van der Waals surface area contributed by atoms with Gasteiger partial charge in [0.05, 0.1) is 6.61 Å². The molecular weight excluding hydrogens is 200 g/mol. The van der Waals surface area contributed by atoms with Crippen LogP contribution in [0.15, 0.2) is 48.1 Å². The first-order chi connectivity index (χ1) is 7.86. The van der Waals surface area contributed by atoms with Crippen molar-refractivity contribution in [2.75, 3.05) is 6.61 Å². The van der Waals surface area contributed by atoms with Gasteiger partial charge in [0.25, 0.3) is 0 Å². The van der Waals surface area contributed by atoms with Gasteiger partial charge in [-0.25, -0.2) is 4.79 Å².